The van der Waals surface area contributed by atoms with Crippen LogP contribution in [-0.4, -0.2) is 6.54 Å². The number of benzene rings is 1. The maximum atomic E-state index is 6.38. The van der Waals surface area contributed by atoms with Crippen LogP contribution in [0.5, 0.6) is 0 Å². The minimum atomic E-state index is 0. The van der Waals surface area contributed by atoms with Gasteiger partial charge in [-0.05, 0) is 67.5 Å². The maximum Gasteiger partial charge on any atom is 0.0441 e. The molecule has 3 aliphatic rings. The second-order valence-corrected chi connectivity index (χ2v) is 6.03. The van der Waals surface area contributed by atoms with Crippen molar-refractivity contribution in [3.05, 3.63) is 34.9 Å². The fourth-order valence-electron chi connectivity index (χ4n) is 4.14. The molecule has 1 aromatic rings. The molecule has 0 heterocycles. The molecule has 4 rings (SSSR count). The highest BCUT2D eigenvalue weighted by atomic mass is 35.5. The Hall–Kier alpha value is -0.240. The Bertz CT molecular complexity index is 399. The van der Waals surface area contributed by atoms with Gasteiger partial charge in [-0.15, -0.1) is 12.4 Å². The summed E-state index contributed by atoms with van der Waals surface area (Å²) >= 11 is 6.38. The molecule has 0 aliphatic heterocycles. The number of halogens is 2. The van der Waals surface area contributed by atoms with Crippen molar-refractivity contribution >= 4 is 24.0 Å². The zero-order chi connectivity index (χ0) is 11.8. The van der Waals surface area contributed by atoms with E-state index in [1.54, 1.807) is 0 Å². The molecule has 3 saturated carbocycles. The Morgan fingerprint density at radius 3 is 2.28 bits per heavy atom. The molecule has 2 N–H and O–H groups in total. The molecule has 1 aromatic carbocycles. The van der Waals surface area contributed by atoms with Gasteiger partial charge in [-0.3, -0.25) is 0 Å². The summed E-state index contributed by atoms with van der Waals surface area (Å²) in [6, 6.07) is 8.35. The van der Waals surface area contributed by atoms with Crippen LogP contribution in [0.1, 0.15) is 37.2 Å². The van der Waals surface area contributed by atoms with Crippen molar-refractivity contribution in [2.45, 2.75) is 31.6 Å². The summed E-state index contributed by atoms with van der Waals surface area (Å²) in [5.74, 6) is 2.92. The van der Waals surface area contributed by atoms with E-state index >= 15 is 0 Å². The quantitative estimate of drug-likeness (QED) is 0.864. The molecule has 2 unspecified atom stereocenters. The Labute approximate surface area is 121 Å². The van der Waals surface area contributed by atoms with Gasteiger partial charge < -0.3 is 5.73 Å². The van der Waals surface area contributed by atoms with Gasteiger partial charge in [-0.1, -0.05) is 29.8 Å². The predicted molar refractivity (Wildman–Crippen MR) is 79.4 cm³/mol. The van der Waals surface area contributed by atoms with E-state index in [9.17, 15) is 0 Å². The SMILES string of the molecule is Cl.NCC1C2CCC(CC2)C1c1ccccc1Cl. The topological polar surface area (TPSA) is 26.0 Å². The van der Waals surface area contributed by atoms with Gasteiger partial charge in [-0.2, -0.15) is 0 Å². The van der Waals surface area contributed by atoms with Gasteiger partial charge in [-0.25, -0.2) is 0 Å². The average Bonchev–Trinajstić information content (AvgIpc) is 2.39. The first-order valence-corrected chi connectivity index (χ1v) is 7.13. The van der Waals surface area contributed by atoms with Crippen molar-refractivity contribution in [2.24, 2.45) is 23.5 Å². The lowest BCUT2D eigenvalue weighted by Gasteiger charge is -2.49. The molecule has 3 heteroatoms. The summed E-state index contributed by atoms with van der Waals surface area (Å²) in [7, 11) is 0. The minimum Gasteiger partial charge on any atom is -0.330 e. The van der Waals surface area contributed by atoms with Crippen LogP contribution in [-0.2, 0) is 0 Å². The normalized spacial score (nSPS) is 34.1. The van der Waals surface area contributed by atoms with Gasteiger partial charge in [0.05, 0.1) is 0 Å². The molecule has 3 fully saturated rings. The Balaban J connectivity index is 0.00000120. The lowest BCUT2D eigenvalue weighted by atomic mass is 9.57. The fourth-order valence-corrected chi connectivity index (χ4v) is 4.41. The van der Waals surface area contributed by atoms with Crippen LogP contribution in [0.3, 0.4) is 0 Å². The lowest BCUT2D eigenvalue weighted by Crippen LogP contribution is -2.42. The summed E-state index contributed by atoms with van der Waals surface area (Å²) < 4.78 is 0. The van der Waals surface area contributed by atoms with Crippen LogP contribution in [0.2, 0.25) is 5.02 Å². The van der Waals surface area contributed by atoms with Gasteiger partial charge in [0, 0.05) is 5.02 Å². The van der Waals surface area contributed by atoms with Crippen molar-refractivity contribution in [1.29, 1.82) is 0 Å². The van der Waals surface area contributed by atoms with Gasteiger partial charge in [0.15, 0.2) is 0 Å². The number of fused-ring (bicyclic) bond motifs is 3. The van der Waals surface area contributed by atoms with Crippen LogP contribution in [0.4, 0.5) is 0 Å². The smallest absolute Gasteiger partial charge is 0.0441 e. The van der Waals surface area contributed by atoms with Crippen LogP contribution in [0.15, 0.2) is 24.3 Å². The molecular weight excluding hydrogens is 265 g/mol. The first kappa shape index (κ1) is 14.2. The van der Waals surface area contributed by atoms with Crippen molar-refractivity contribution < 1.29 is 0 Å². The van der Waals surface area contributed by atoms with E-state index in [2.05, 4.69) is 12.1 Å². The lowest BCUT2D eigenvalue weighted by molar-refractivity contribution is 0.0732. The number of rotatable bonds is 2. The third-order valence-electron chi connectivity index (χ3n) is 4.93. The fraction of sp³-hybridized carbons (Fsp3) is 0.600. The van der Waals surface area contributed by atoms with E-state index in [0.717, 1.165) is 23.4 Å². The first-order chi connectivity index (χ1) is 8.31. The molecule has 100 valence electrons. The largest absolute Gasteiger partial charge is 0.330 e. The molecule has 0 radical (unpaired) electrons. The van der Waals surface area contributed by atoms with Crippen molar-refractivity contribution in [1.82, 2.24) is 0 Å². The molecule has 18 heavy (non-hydrogen) atoms. The monoisotopic (exact) mass is 285 g/mol. The third-order valence-corrected chi connectivity index (χ3v) is 5.27. The van der Waals surface area contributed by atoms with Crippen LogP contribution in [0.25, 0.3) is 0 Å². The molecular formula is C15H21Cl2N. The minimum absolute atomic E-state index is 0. The zero-order valence-corrected chi connectivity index (χ0v) is 12.1. The second kappa shape index (κ2) is 5.81. The number of hydrogen-bond acceptors (Lipinski definition) is 1. The molecule has 0 aromatic heterocycles. The van der Waals surface area contributed by atoms with E-state index in [1.165, 1.54) is 31.2 Å². The number of hydrogen-bond donors (Lipinski definition) is 1. The zero-order valence-electron chi connectivity index (χ0n) is 10.5. The second-order valence-electron chi connectivity index (χ2n) is 5.62. The number of nitrogens with two attached hydrogens (primary N) is 1. The Kier molecular flexibility index (Phi) is 4.58. The van der Waals surface area contributed by atoms with E-state index in [0.29, 0.717) is 11.8 Å². The Morgan fingerprint density at radius 2 is 1.67 bits per heavy atom. The maximum absolute atomic E-state index is 6.38. The van der Waals surface area contributed by atoms with Crippen molar-refractivity contribution in [3.8, 4) is 0 Å². The average molecular weight is 286 g/mol. The highest BCUT2D eigenvalue weighted by Crippen LogP contribution is 2.53. The van der Waals surface area contributed by atoms with E-state index in [-0.39, 0.29) is 12.4 Å². The van der Waals surface area contributed by atoms with Crippen LogP contribution in [0, 0.1) is 17.8 Å². The van der Waals surface area contributed by atoms with E-state index in [4.69, 9.17) is 17.3 Å². The van der Waals surface area contributed by atoms with E-state index < -0.39 is 0 Å². The van der Waals surface area contributed by atoms with Crippen LogP contribution < -0.4 is 5.73 Å². The highest BCUT2D eigenvalue weighted by molar-refractivity contribution is 6.31. The molecule has 1 nitrogen and oxygen atoms in total. The first-order valence-electron chi connectivity index (χ1n) is 6.75. The highest BCUT2D eigenvalue weighted by Gasteiger charge is 2.43. The molecule has 0 spiro atoms. The molecule has 0 amide bonds. The van der Waals surface area contributed by atoms with Crippen molar-refractivity contribution in [2.75, 3.05) is 6.54 Å². The summed E-state index contributed by atoms with van der Waals surface area (Å²) in [4.78, 5) is 0. The van der Waals surface area contributed by atoms with E-state index in [1.807, 2.05) is 12.1 Å². The van der Waals surface area contributed by atoms with Gasteiger partial charge in [0.2, 0.25) is 0 Å². The summed E-state index contributed by atoms with van der Waals surface area (Å²) in [5, 5.41) is 0.934. The molecule has 2 atom stereocenters. The predicted octanol–water partition coefficient (Wildman–Crippen LogP) is 4.24. The summed E-state index contributed by atoms with van der Waals surface area (Å²) in [6.07, 6.45) is 5.51. The van der Waals surface area contributed by atoms with Crippen molar-refractivity contribution in [3.63, 3.8) is 0 Å². The van der Waals surface area contributed by atoms with Crippen LogP contribution >= 0.6 is 24.0 Å². The standard InChI is InChI=1S/C15H20ClN.ClH/c16-14-4-2-1-3-12(14)15-11-7-5-10(6-8-11)13(15)9-17;/h1-4,10-11,13,15H,5-9,17H2;1H. The molecule has 0 saturated heterocycles. The molecule has 3 aliphatic carbocycles. The molecule has 2 bridgehead atoms. The third kappa shape index (κ3) is 2.29. The summed E-state index contributed by atoms with van der Waals surface area (Å²) in [5.41, 5.74) is 7.37. The van der Waals surface area contributed by atoms with Gasteiger partial charge in [0.25, 0.3) is 0 Å². The Morgan fingerprint density at radius 1 is 1.06 bits per heavy atom. The summed E-state index contributed by atoms with van der Waals surface area (Å²) in [6.45, 7) is 0.817. The van der Waals surface area contributed by atoms with Gasteiger partial charge in [0.1, 0.15) is 0 Å². The van der Waals surface area contributed by atoms with Gasteiger partial charge >= 0.3 is 0 Å².